The molecule has 0 spiro atoms. The maximum atomic E-state index is 11.9. The Morgan fingerprint density at radius 3 is 2.89 bits per heavy atom. The molecule has 0 aromatic carbocycles. The molecular weight excluding hydrogens is 232 g/mol. The molecule has 2 heterocycles. The molecule has 2 rings (SSSR count). The van der Waals surface area contributed by atoms with E-state index in [1.54, 1.807) is 6.20 Å². The van der Waals surface area contributed by atoms with Crippen molar-refractivity contribution in [3.63, 3.8) is 0 Å². The summed E-state index contributed by atoms with van der Waals surface area (Å²) in [6.45, 7) is 3.89. The summed E-state index contributed by atoms with van der Waals surface area (Å²) in [4.78, 5) is 19.3. The number of hydrogen-bond acceptors (Lipinski definition) is 4. The molecule has 0 unspecified atom stereocenters. The summed E-state index contributed by atoms with van der Waals surface area (Å²) in [6.07, 6.45) is 2.47. The number of anilines is 1. The van der Waals surface area contributed by atoms with E-state index in [0.717, 1.165) is 17.9 Å². The monoisotopic (exact) mass is 248 g/mol. The Morgan fingerprint density at radius 1 is 1.61 bits per heavy atom. The third-order valence-corrected chi connectivity index (χ3v) is 2.61. The van der Waals surface area contributed by atoms with Crippen molar-refractivity contribution in [2.45, 2.75) is 26.3 Å². The van der Waals surface area contributed by atoms with Gasteiger partial charge in [-0.25, -0.2) is 4.98 Å². The number of amides is 1. The average Bonchev–Trinajstić information content (AvgIpc) is 2.94. The molecule has 18 heavy (non-hydrogen) atoms. The fraction of sp³-hybridized carbons (Fsp3) is 0.364. The second-order valence-electron chi connectivity index (χ2n) is 4.09. The van der Waals surface area contributed by atoms with Crippen molar-refractivity contribution < 1.29 is 4.79 Å². The van der Waals surface area contributed by atoms with Gasteiger partial charge in [-0.05, 0) is 13.3 Å². The second kappa shape index (κ2) is 4.91. The topological polar surface area (TPSA) is 112 Å². The molecule has 0 fully saturated rings. The minimum atomic E-state index is -0.250. The predicted molar refractivity (Wildman–Crippen MR) is 66.8 cm³/mol. The number of H-pyrrole nitrogens is 2. The van der Waals surface area contributed by atoms with Gasteiger partial charge in [0, 0.05) is 18.0 Å². The number of carbonyl (C=O) groups is 1. The first kappa shape index (κ1) is 12.2. The molecule has 1 amide bonds. The average molecular weight is 248 g/mol. The highest BCUT2D eigenvalue weighted by molar-refractivity contribution is 5.93. The van der Waals surface area contributed by atoms with Gasteiger partial charge < -0.3 is 16.0 Å². The molecule has 7 heteroatoms. The fourth-order valence-electron chi connectivity index (χ4n) is 1.66. The predicted octanol–water partition coefficient (Wildman–Crippen LogP) is 0.905. The van der Waals surface area contributed by atoms with Crippen LogP contribution in [0.1, 0.15) is 41.4 Å². The number of rotatable bonds is 4. The Bertz CT molecular complexity index is 543. The zero-order valence-corrected chi connectivity index (χ0v) is 10.3. The van der Waals surface area contributed by atoms with Gasteiger partial charge in [0.05, 0.1) is 6.04 Å². The maximum absolute atomic E-state index is 11.9. The Hall–Kier alpha value is -2.31. The molecule has 0 radical (unpaired) electrons. The van der Waals surface area contributed by atoms with Crippen LogP contribution in [-0.4, -0.2) is 26.1 Å². The van der Waals surface area contributed by atoms with Crippen molar-refractivity contribution in [2.75, 3.05) is 5.73 Å². The van der Waals surface area contributed by atoms with Crippen LogP contribution in [0.25, 0.3) is 0 Å². The number of imidazole rings is 1. The molecule has 0 aliphatic carbocycles. The minimum absolute atomic E-state index is 0.157. The summed E-state index contributed by atoms with van der Waals surface area (Å²) < 4.78 is 0. The summed E-state index contributed by atoms with van der Waals surface area (Å²) >= 11 is 0. The molecule has 2 aromatic rings. The molecule has 7 nitrogen and oxygen atoms in total. The van der Waals surface area contributed by atoms with Crippen LogP contribution >= 0.6 is 0 Å². The van der Waals surface area contributed by atoms with Crippen LogP contribution in [0.4, 0.5) is 5.82 Å². The van der Waals surface area contributed by atoms with Crippen LogP contribution in [0.5, 0.6) is 0 Å². The van der Waals surface area contributed by atoms with E-state index in [1.807, 2.05) is 13.8 Å². The Morgan fingerprint density at radius 2 is 2.39 bits per heavy atom. The Balaban J connectivity index is 2.09. The normalized spacial score (nSPS) is 12.3. The van der Waals surface area contributed by atoms with E-state index in [4.69, 9.17) is 5.73 Å². The summed E-state index contributed by atoms with van der Waals surface area (Å²) in [6, 6.07) is 1.34. The van der Waals surface area contributed by atoms with Crippen molar-refractivity contribution in [3.05, 3.63) is 29.5 Å². The number of aromatic amines is 2. The lowest BCUT2D eigenvalue weighted by atomic mass is 10.2. The van der Waals surface area contributed by atoms with Gasteiger partial charge in [0.15, 0.2) is 0 Å². The van der Waals surface area contributed by atoms with Crippen molar-refractivity contribution in [1.29, 1.82) is 0 Å². The van der Waals surface area contributed by atoms with Crippen LogP contribution in [0.2, 0.25) is 0 Å². The molecule has 1 atom stereocenters. The van der Waals surface area contributed by atoms with Gasteiger partial charge in [-0.15, -0.1) is 0 Å². The first-order valence-electron chi connectivity index (χ1n) is 5.73. The van der Waals surface area contributed by atoms with Crippen molar-refractivity contribution >= 4 is 11.7 Å². The molecule has 5 N–H and O–H groups in total. The zero-order chi connectivity index (χ0) is 13.1. The highest BCUT2D eigenvalue weighted by atomic mass is 16.2. The summed E-state index contributed by atoms with van der Waals surface area (Å²) in [5.41, 5.74) is 6.76. The van der Waals surface area contributed by atoms with E-state index >= 15 is 0 Å². The summed E-state index contributed by atoms with van der Waals surface area (Å²) in [5.74, 6) is 0.790. The maximum Gasteiger partial charge on any atom is 0.269 e. The Kier molecular flexibility index (Phi) is 3.31. The zero-order valence-electron chi connectivity index (χ0n) is 10.3. The highest BCUT2D eigenvalue weighted by Crippen LogP contribution is 2.13. The lowest BCUT2D eigenvalue weighted by Gasteiger charge is -2.13. The van der Waals surface area contributed by atoms with Crippen LogP contribution in [-0.2, 0) is 0 Å². The number of nitrogens with two attached hydrogens (primary N) is 1. The van der Waals surface area contributed by atoms with Crippen molar-refractivity contribution in [3.8, 4) is 0 Å². The largest absolute Gasteiger partial charge is 0.382 e. The number of nitrogens with one attached hydrogen (secondary N) is 3. The highest BCUT2D eigenvalue weighted by Gasteiger charge is 2.17. The molecular formula is C11H16N6O. The third kappa shape index (κ3) is 2.50. The number of carbonyl (C=O) groups excluding carboxylic acids is 1. The Labute approximate surface area is 104 Å². The first-order valence-corrected chi connectivity index (χ1v) is 5.73. The fourth-order valence-corrected chi connectivity index (χ4v) is 1.66. The lowest BCUT2D eigenvalue weighted by Crippen LogP contribution is -2.29. The number of aryl methyl sites for hydroxylation is 1. The van der Waals surface area contributed by atoms with Gasteiger partial charge >= 0.3 is 0 Å². The van der Waals surface area contributed by atoms with Gasteiger partial charge in [-0.1, -0.05) is 6.92 Å². The molecule has 2 aromatic heterocycles. The molecule has 0 saturated heterocycles. The van der Waals surface area contributed by atoms with E-state index in [2.05, 4.69) is 25.5 Å². The summed E-state index contributed by atoms with van der Waals surface area (Å²) in [7, 11) is 0. The van der Waals surface area contributed by atoms with E-state index in [1.165, 1.54) is 6.07 Å². The number of aromatic nitrogens is 4. The summed E-state index contributed by atoms with van der Waals surface area (Å²) in [5, 5.41) is 9.16. The van der Waals surface area contributed by atoms with Crippen LogP contribution in [0.15, 0.2) is 12.3 Å². The first-order chi connectivity index (χ1) is 8.60. The lowest BCUT2D eigenvalue weighted by molar-refractivity contribution is 0.0928. The number of hydrogen-bond donors (Lipinski definition) is 4. The number of nitrogens with zero attached hydrogens (tertiary/aromatic N) is 2. The van der Waals surface area contributed by atoms with E-state index in [0.29, 0.717) is 11.5 Å². The van der Waals surface area contributed by atoms with Crippen LogP contribution in [0.3, 0.4) is 0 Å². The second-order valence-corrected chi connectivity index (χ2v) is 4.09. The quantitative estimate of drug-likeness (QED) is 0.644. The van der Waals surface area contributed by atoms with E-state index < -0.39 is 0 Å². The smallest absolute Gasteiger partial charge is 0.269 e. The minimum Gasteiger partial charge on any atom is -0.382 e. The molecule has 0 bridgehead atoms. The van der Waals surface area contributed by atoms with Gasteiger partial charge in [-0.3, -0.25) is 9.89 Å². The SMILES string of the molecule is CC[C@@H](NC(=O)c1cc(N)n[nH]1)c1ncc(C)[nH]1. The third-order valence-electron chi connectivity index (χ3n) is 2.61. The van der Waals surface area contributed by atoms with Crippen LogP contribution < -0.4 is 11.1 Å². The molecule has 0 aliphatic rings. The molecule has 96 valence electrons. The molecule has 0 saturated carbocycles. The number of nitrogen functional groups attached to an aromatic ring is 1. The van der Waals surface area contributed by atoms with E-state index in [-0.39, 0.29) is 11.9 Å². The van der Waals surface area contributed by atoms with Gasteiger partial charge in [0.25, 0.3) is 5.91 Å². The van der Waals surface area contributed by atoms with Gasteiger partial charge in [0.1, 0.15) is 17.3 Å². The van der Waals surface area contributed by atoms with Gasteiger partial charge in [0.2, 0.25) is 0 Å². The van der Waals surface area contributed by atoms with Crippen molar-refractivity contribution in [1.82, 2.24) is 25.5 Å². The standard InChI is InChI=1S/C11H16N6O/c1-3-7(10-13-5-6(2)14-10)15-11(18)8-4-9(12)17-16-8/h4-5,7H,3H2,1-2H3,(H,13,14)(H,15,18)(H3,12,16,17)/t7-/m1/s1. The van der Waals surface area contributed by atoms with Gasteiger partial charge in [-0.2, -0.15) is 5.10 Å². The van der Waals surface area contributed by atoms with E-state index in [9.17, 15) is 4.79 Å². The van der Waals surface area contributed by atoms with Crippen LogP contribution in [0, 0.1) is 6.92 Å². The van der Waals surface area contributed by atoms with Crippen molar-refractivity contribution in [2.24, 2.45) is 0 Å². The molecule has 0 aliphatic heterocycles.